The molecule has 0 heterocycles. The number of rotatable bonds is 2. The van der Waals surface area contributed by atoms with E-state index in [0.717, 1.165) is 0 Å². The summed E-state index contributed by atoms with van der Waals surface area (Å²) in [6.07, 6.45) is 0.277. The fourth-order valence-electron chi connectivity index (χ4n) is 1.30. The van der Waals surface area contributed by atoms with E-state index in [1.54, 1.807) is 19.1 Å². The molecule has 1 aromatic carbocycles. The van der Waals surface area contributed by atoms with Gasteiger partial charge in [-0.1, -0.05) is 38.4 Å². The highest BCUT2D eigenvalue weighted by Crippen LogP contribution is 2.33. The van der Waals surface area contributed by atoms with Gasteiger partial charge in [0.2, 0.25) is 0 Å². The van der Waals surface area contributed by atoms with Crippen LogP contribution in [-0.4, -0.2) is 10.7 Å². The Kier molecular flexibility index (Phi) is 3.65. The van der Waals surface area contributed by atoms with Crippen molar-refractivity contribution in [2.75, 3.05) is 0 Å². The molecule has 0 saturated heterocycles. The fourth-order valence-corrected chi connectivity index (χ4v) is 1.46. The van der Waals surface area contributed by atoms with Gasteiger partial charge >= 0.3 is 0 Å². The highest BCUT2D eigenvalue weighted by atomic mass is 35.5. The smallest absolute Gasteiger partial charge is 0.127 e. The molecule has 1 N–H and O–H groups in total. The summed E-state index contributed by atoms with van der Waals surface area (Å²) in [5.74, 6) is -0.364. The Bertz CT molecular complexity index is 380. The van der Waals surface area contributed by atoms with Gasteiger partial charge in [0.05, 0.1) is 5.60 Å². The zero-order valence-corrected chi connectivity index (χ0v) is 10.9. The summed E-state index contributed by atoms with van der Waals surface area (Å²) in [4.78, 5) is 0. The first-order valence-electron chi connectivity index (χ1n) is 5.30. The van der Waals surface area contributed by atoms with Crippen LogP contribution in [0.15, 0.2) is 18.2 Å². The summed E-state index contributed by atoms with van der Waals surface area (Å²) in [6.45, 7) is 7.52. The van der Waals surface area contributed by atoms with Gasteiger partial charge in [0.1, 0.15) is 5.82 Å². The largest absolute Gasteiger partial charge is 0.389 e. The van der Waals surface area contributed by atoms with E-state index < -0.39 is 5.60 Å². The highest BCUT2D eigenvalue weighted by Gasteiger charge is 2.35. The zero-order valence-electron chi connectivity index (χ0n) is 10.1. The van der Waals surface area contributed by atoms with Crippen LogP contribution in [0.1, 0.15) is 33.3 Å². The van der Waals surface area contributed by atoms with E-state index >= 15 is 0 Å². The molecule has 3 heteroatoms. The van der Waals surface area contributed by atoms with Crippen LogP contribution in [0, 0.1) is 11.2 Å². The maximum Gasteiger partial charge on any atom is 0.127 e. The third-order valence-electron chi connectivity index (χ3n) is 3.17. The summed E-state index contributed by atoms with van der Waals surface area (Å²) in [7, 11) is 0. The molecule has 1 aromatic rings. The minimum absolute atomic E-state index is 0.277. The first-order valence-corrected chi connectivity index (χ1v) is 5.67. The molecule has 0 radical (unpaired) electrons. The first kappa shape index (κ1) is 13.5. The van der Waals surface area contributed by atoms with Crippen molar-refractivity contribution >= 4 is 11.6 Å². The lowest BCUT2D eigenvalue weighted by atomic mass is 9.74. The van der Waals surface area contributed by atoms with Gasteiger partial charge in [0.25, 0.3) is 0 Å². The summed E-state index contributed by atoms with van der Waals surface area (Å²) in [6, 6.07) is 4.53. The van der Waals surface area contributed by atoms with Crippen molar-refractivity contribution in [1.82, 2.24) is 0 Å². The average Bonchev–Trinajstić information content (AvgIpc) is 2.08. The van der Waals surface area contributed by atoms with Crippen molar-refractivity contribution in [3.05, 3.63) is 34.6 Å². The van der Waals surface area contributed by atoms with Crippen LogP contribution < -0.4 is 0 Å². The fraction of sp³-hybridized carbons (Fsp3) is 0.538. The lowest BCUT2D eigenvalue weighted by molar-refractivity contribution is -0.0411. The van der Waals surface area contributed by atoms with Crippen LogP contribution in [0.3, 0.4) is 0 Å². The van der Waals surface area contributed by atoms with Gasteiger partial charge in [-0.15, -0.1) is 0 Å². The van der Waals surface area contributed by atoms with Crippen molar-refractivity contribution in [3.63, 3.8) is 0 Å². The molecule has 90 valence electrons. The van der Waals surface area contributed by atoms with Crippen molar-refractivity contribution in [3.8, 4) is 0 Å². The summed E-state index contributed by atoms with van der Waals surface area (Å²) >= 11 is 5.68. The van der Waals surface area contributed by atoms with Crippen LogP contribution in [0.5, 0.6) is 0 Å². The molecule has 0 fully saturated rings. The van der Waals surface area contributed by atoms with E-state index in [0.29, 0.717) is 10.6 Å². The monoisotopic (exact) mass is 244 g/mol. The molecular weight excluding hydrogens is 227 g/mol. The van der Waals surface area contributed by atoms with E-state index in [9.17, 15) is 9.50 Å². The van der Waals surface area contributed by atoms with Gasteiger partial charge in [-0.05, 0) is 30.0 Å². The van der Waals surface area contributed by atoms with Gasteiger partial charge < -0.3 is 5.11 Å². The van der Waals surface area contributed by atoms with Gasteiger partial charge in [-0.25, -0.2) is 4.39 Å². The van der Waals surface area contributed by atoms with E-state index in [2.05, 4.69) is 0 Å². The highest BCUT2D eigenvalue weighted by molar-refractivity contribution is 6.30. The summed E-state index contributed by atoms with van der Waals surface area (Å²) in [5.41, 5.74) is -0.773. The van der Waals surface area contributed by atoms with E-state index in [1.807, 2.05) is 20.8 Å². The Hall–Kier alpha value is -0.600. The SMILES string of the molecule is CC(C)(C)C(C)(O)Cc1ccc(Cl)cc1F. The van der Waals surface area contributed by atoms with Crippen LogP contribution in [-0.2, 0) is 6.42 Å². The molecule has 0 aromatic heterocycles. The lowest BCUT2D eigenvalue weighted by Crippen LogP contribution is -2.41. The normalized spacial score (nSPS) is 15.9. The van der Waals surface area contributed by atoms with E-state index in [1.165, 1.54) is 6.07 Å². The summed E-state index contributed by atoms with van der Waals surface area (Å²) < 4.78 is 13.6. The maximum atomic E-state index is 13.6. The molecule has 1 rings (SSSR count). The third kappa shape index (κ3) is 2.96. The first-order chi connectivity index (χ1) is 7.13. The number of aliphatic hydroxyl groups is 1. The molecule has 0 amide bonds. The number of hydrogen-bond donors (Lipinski definition) is 1. The quantitative estimate of drug-likeness (QED) is 0.839. The Morgan fingerprint density at radius 1 is 1.25 bits per heavy atom. The predicted molar refractivity (Wildman–Crippen MR) is 65.2 cm³/mol. The minimum atomic E-state index is -0.957. The van der Waals surface area contributed by atoms with Gasteiger partial charge in [-0.2, -0.15) is 0 Å². The molecule has 0 aliphatic rings. The predicted octanol–water partition coefficient (Wildman–Crippen LogP) is 3.82. The molecule has 1 unspecified atom stereocenters. The Balaban J connectivity index is 2.97. The van der Waals surface area contributed by atoms with Gasteiger partial charge in [0.15, 0.2) is 0 Å². The molecule has 1 atom stereocenters. The van der Waals surface area contributed by atoms with Crippen LogP contribution in [0.2, 0.25) is 5.02 Å². The second-order valence-electron chi connectivity index (χ2n) is 5.44. The number of hydrogen-bond acceptors (Lipinski definition) is 1. The van der Waals surface area contributed by atoms with Crippen molar-refractivity contribution in [1.29, 1.82) is 0 Å². The molecule has 0 bridgehead atoms. The molecular formula is C13H18ClFO. The molecule has 0 aliphatic carbocycles. The lowest BCUT2D eigenvalue weighted by Gasteiger charge is -2.37. The zero-order chi connectivity index (χ0) is 12.6. The topological polar surface area (TPSA) is 20.2 Å². The average molecular weight is 245 g/mol. The van der Waals surface area contributed by atoms with Gasteiger partial charge in [-0.3, -0.25) is 0 Å². The van der Waals surface area contributed by atoms with Crippen LogP contribution in [0.4, 0.5) is 4.39 Å². The van der Waals surface area contributed by atoms with Crippen LogP contribution in [0.25, 0.3) is 0 Å². The third-order valence-corrected chi connectivity index (χ3v) is 3.40. The second kappa shape index (κ2) is 4.34. The van der Waals surface area contributed by atoms with Crippen LogP contribution >= 0.6 is 11.6 Å². The number of halogens is 2. The van der Waals surface area contributed by atoms with Crippen molar-refractivity contribution in [2.24, 2.45) is 5.41 Å². The summed E-state index contributed by atoms with van der Waals surface area (Å²) in [5, 5.41) is 10.7. The van der Waals surface area contributed by atoms with Crippen molar-refractivity contribution < 1.29 is 9.50 Å². The van der Waals surface area contributed by atoms with E-state index in [-0.39, 0.29) is 17.7 Å². The standard InChI is InChI=1S/C13H18ClFO/c1-12(2,3)13(4,16)8-9-5-6-10(14)7-11(9)15/h5-7,16H,8H2,1-4H3. The Labute approximate surface area is 101 Å². The second-order valence-corrected chi connectivity index (χ2v) is 5.87. The van der Waals surface area contributed by atoms with Gasteiger partial charge in [0, 0.05) is 11.4 Å². The molecule has 0 aliphatic heterocycles. The molecule has 16 heavy (non-hydrogen) atoms. The molecule has 0 spiro atoms. The number of benzene rings is 1. The van der Waals surface area contributed by atoms with Crippen molar-refractivity contribution in [2.45, 2.75) is 39.7 Å². The minimum Gasteiger partial charge on any atom is -0.389 e. The molecule has 1 nitrogen and oxygen atoms in total. The molecule has 0 saturated carbocycles. The maximum absolute atomic E-state index is 13.6. The Morgan fingerprint density at radius 2 is 1.81 bits per heavy atom. The van der Waals surface area contributed by atoms with E-state index in [4.69, 9.17) is 11.6 Å². The Morgan fingerprint density at radius 3 is 2.25 bits per heavy atom.